The number of nitro groups is 2. The Kier molecular flexibility index (Phi) is 5.27. The predicted molar refractivity (Wildman–Crippen MR) is 89.8 cm³/mol. The van der Waals surface area contributed by atoms with Crippen LogP contribution in [0.5, 0.6) is 0 Å². The maximum atomic E-state index is 11.2. The van der Waals surface area contributed by atoms with Crippen LogP contribution in [0.25, 0.3) is 0 Å². The highest BCUT2D eigenvalue weighted by Crippen LogP contribution is 2.32. The molecule has 0 unspecified atom stereocenters. The van der Waals surface area contributed by atoms with Gasteiger partial charge in [0.05, 0.1) is 16.5 Å². The number of nitrogens with zero attached hydrogens (tertiary/aromatic N) is 2. The topological polar surface area (TPSA) is 131 Å². The van der Waals surface area contributed by atoms with Crippen LogP contribution >= 0.6 is 0 Å². The summed E-state index contributed by atoms with van der Waals surface area (Å²) >= 11 is 0. The molecule has 0 aliphatic heterocycles. The molecule has 9 heteroatoms. The summed E-state index contributed by atoms with van der Waals surface area (Å²) in [6, 6.07) is 9.02. The number of benzene rings is 2. The second kappa shape index (κ2) is 7.38. The second-order valence-electron chi connectivity index (χ2n) is 5.04. The number of nitrogens with one attached hydrogen (secondary N) is 2. The Morgan fingerprint density at radius 1 is 1.00 bits per heavy atom. The van der Waals surface area contributed by atoms with Crippen LogP contribution in [0.3, 0.4) is 0 Å². The zero-order valence-electron chi connectivity index (χ0n) is 12.9. The van der Waals surface area contributed by atoms with Crippen molar-refractivity contribution in [2.24, 2.45) is 0 Å². The highest BCUT2D eigenvalue weighted by Gasteiger charge is 2.17. The molecule has 0 saturated heterocycles. The minimum Gasteiger partial charge on any atom is -0.395 e. The largest absolute Gasteiger partial charge is 0.395 e. The van der Waals surface area contributed by atoms with Crippen LogP contribution < -0.4 is 10.6 Å². The van der Waals surface area contributed by atoms with Crippen molar-refractivity contribution in [1.29, 1.82) is 0 Å². The highest BCUT2D eigenvalue weighted by atomic mass is 16.6. The van der Waals surface area contributed by atoms with Crippen molar-refractivity contribution in [1.82, 2.24) is 0 Å². The number of hydrogen-bond acceptors (Lipinski definition) is 7. The van der Waals surface area contributed by atoms with Gasteiger partial charge in [0.1, 0.15) is 11.4 Å². The molecule has 3 N–H and O–H groups in total. The number of anilines is 3. The lowest BCUT2D eigenvalue weighted by atomic mass is 10.1. The monoisotopic (exact) mass is 332 g/mol. The van der Waals surface area contributed by atoms with E-state index >= 15 is 0 Å². The van der Waals surface area contributed by atoms with Crippen molar-refractivity contribution in [3.05, 3.63) is 62.2 Å². The third-order valence-electron chi connectivity index (χ3n) is 3.25. The fourth-order valence-electron chi connectivity index (χ4n) is 2.15. The van der Waals surface area contributed by atoms with Crippen molar-refractivity contribution >= 4 is 28.4 Å². The van der Waals surface area contributed by atoms with Crippen LogP contribution in [-0.4, -0.2) is 28.1 Å². The van der Waals surface area contributed by atoms with E-state index in [1.807, 2.05) is 0 Å². The van der Waals surface area contributed by atoms with Crippen LogP contribution in [0.2, 0.25) is 0 Å². The number of nitro benzene ring substituents is 2. The SMILES string of the molecule is Cc1ccc(Nc2ccc(NCCO)c([N+](=O)[O-])c2)c([N+](=O)[O-])c1. The van der Waals surface area contributed by atoms with E-state index in [1.54, 1.807) is 25.1 Å². The molecule has 126 valence electrons. The fraction of sp³-hybridized carbons (Fsp3) is 0.200. The normalized spacial score (nSPS) is 10.2. The molecule has 0 bridgehead atoms. The molecule has 9 nitrogen and oxygen atoms in total. The number of aryl methyl sites for hydroxylation is 1. The fourth-order valence-corrected chi connectivity index (χ4v) is 2.15. The Bertz CT molecular complexity index is 778. The third-order valence-corrected chi connectivity index (χ3v) is 3.25. The summed E-state index contributed by atoms with van der Waals surface area (Å²) in [6.07, 6.45) is 0. The molecular weight excluding hydrogens is 316 g/mol. The summed E-state index contributed by atoms with van der Waals surface area (Å²) in [5.74, 6) is 0. The van der Waals surface area contributed by atoms with Gasteiger partial charge in [-0.2, -0.15) is 0 Å². The van der Waals surface area contributed by atoms with Crippen LogP contribution in [0.15, 0.2) is 36.4 Å². The van der Waals surface area contributed by atoms with Crippen molar-refractivity contribution in [3.63, 3.8) is 0 Å². The summed E-state index contributed by atoms with van der Waals surface area (Å²) in [4.78, 5) is 21.2. The summed E-state index contributed by atoms with van der Waals surface area (Å²) in [5.41, 5.74) is 1.29. The van der Waals surface area contributed by atoms with Gasteiger partial charge in [-0.15, -0.1) is 0 Å². The van der Waals surface area contributed by atoms with E-state index in [0.717, 1.165) is 5.56 Å². The predicted octanol–water partition coefficient (Wildman–Crippen LogP) is 2.96. The van der Waals surface area contributed by atoms with E-state index in [4.69, 9.17) is 5.11 Å². The van der Waals surface area contributed by atoms with Crippen molar-refractivity contribution in [2.45, 2.75) is 6.92 Å². The van der Waals surface area contributed by atoms with Gasteiger partial charge in [-0.1, -0.05) is 6.07 Å². The zero-order chi connectivity index (χ0) is 17.7. The molecule has 0 aliphatic rings. The van der Waals surface area contributed by atoms with Gasteiger partial charge in [-0.05, 0) is 30.7 Å². The Morgan fingerprint density at radius 3 is 2.25 bits per heavy atom. The molecule has 0 aliphatic carbocycles. The van der Waals surface area contributed by atoms with Gasteiger partial charge in [-0.3, -0.25) is 20.2 Å². The first-order valence-electron chi connectivity index (χ1n) is 7.07. The molecule has 0 heterocycles. The van der Waals surface area contributed by atoms with Gasteiger partial charge < -0.3 is 15.7 Å². The van der Waals surface area contributed by atoms with Gasteiger partial charge in [-0.25, -0.2) is 0 Å². The Balaban J connectivity index is 2.35. The maximum Gasteiger partial charge on any atom is 0.294 e. The average Bonchev–Trinajstić information content (AvgIpc) is 2.54. The van der Waals surface area contributed by atoms with E-state index in [-0.39, 0.29) is 35.9 Å². The average molecular weight is 332 g/mol. The first kappa shape index (κ1) is 17.2. The lowest BCUT2D eigenvalue weighted by Crippen LogP contribution is -2.07. The smallest absolute Gasteiger partial charge is 0.294 e. The molecule has 0 spiro atoms. The Hall–Kier alpha value is -3.20. The summed E-state index contributed by atoms with van der Waals surface area (Å²) in [5, 5.41) is 36.7. The Morgan fingerprint density at radius 2 is 1.62 bits per heavy atom. The van der Waals surface area contributed by atoms with Gasteiger partial charge in [0.25, 0.3) is 11.4 Å². The van der Waals surface area contributed by atoms with Gasteiger partial charge in [0.2, 0.25) is 0 Å². The summed E-state index contributed by atoms with van der Waals surface area (Å²) in [6.45, 7) is 1.76. The minimum atomic E-state index is -0.561. The summed E-state index contributed by atoms with van der Waals surface area (Å²) < 4.78 is 0. The maximum absolute atomic E-state index is 11.2. The molecule has 2 aromatic carbocycles. The number of aliphatic hydroxyl groups is 1. The van der Waals surface area contributed by atoms with Crippen LogP contribution in [-0.2, 0) is 0 Å². The van der Waals surface area contributed by atoms with Crippen molar-refractivity contribution in [3.8, 4) is 0 Å². The van der Waals surface area contributed by atoms with E-state index < -0.39 is 9.85 Å². The molecule has 0 amide bonds. The molecule has 0 fully saturated rings. The molecule has 0 radical (unpaired) electrons. The van der Waals surface area contributed by atoms with E-state index in [1.165, 1.54) is 18.2 Å². The standard InChI is InChI=1S/C15H16N4O5/c1-10-2-4-13(14(8-10)18(21)22)17-11-3-5-12(16-6-7-20)15(9-11)19(23)24/h2-5,8-9,16-17,20H,6-7H2,1H3. The second-order valence-corrected chi connectivity index (χ2v) is 5.04. The van der Waals surface area contributed by atoms with Crippen molar-refractivity contribution < 1.29 is 15.0 Å². The van der Waals surface area contributed by atoms with Crippen LogP contribution in [0.4, 0.5) is 28.4 Å². The molecule has 0 aromatic heterocycles. The molecular formula is C15H16N4O5. The van der Waals surface area contributed by atoms with E-state index in [9.17, 15) is 20.2 Å². The molecule has 0 atom stereocenters. The molecule has 24 heavy (non-hydrogen) atoms. The number of hydrogen-bond donors (Lipinski definition) is 3. The van der Waals surface area contributed by atoms with E-state index in [0.29, 0.717) is 5.69 Å². The van der Waals surface area contributed by atoms with Gasteiger partial charge >= 0.3 is 0 Å². The quantitative estimate of drug-likeness (QED) is 0.524. The lowest BCUT2D eigenvalue weighted by molar-refractivity contribution is -0.384. The minimum absolute atomic E-state index is 0.111. The van der Waals surface area contributed by atoms with E-state index in [2.05, 4.69) is 10.6 Å². The first-order valence-corrected chi connectivity index (χ1v) is 7.07. The number of aliphatic hydroxyl groups excluding tert-OH is 1. The highest BCUT2D eigenvalue weighted by molar-refractivity contribution is 5.74. The van der Waals surface area contributed by atoms with Crippen molar-refractivity contribution in [2.75, 3.05) is 23.8 Å². The van der Waals surface area contributed by atoms with Gasteiger partial charge in [0, 0.05) is 24.4 Å². The summed E-state index contributed by atoms with van der Waals surface area (Å²) in [7, 11) is 0. The van der Waals surface area contributed by atoms with Crippen LogP contribution in [0, 0.1) is 27.2 Å². The zero-order valence-corrected chi connectivity index (χ0v) is 12.9. The lowest BCUT2D eigenvalue weighted by Gasteiger charge is -2.10. The first-order chi connectivity index (χ1) is 11.4. The van der Waals surface area contributed by atoms with Gasteiger partial charge in [0.15, 0.2) is 0 Å². The molecule has 2 aromatic rings. The number of rotatable bonds is 7. The molecule has 0 saturated carbocycles. The third kappa shape index (κ3) is 3.96. The molecule has 2 rings (SSSR count). The van der Waals surface area contributed by atoms with Crippen LogP contribution in [0.1, 0.15) is 5.56 Å². The Labute approximate surface area is 137 Å².